The topological polar surface area (TPSA) is 121 Å². The summed E-state index contributed by atoms with van der Waals surface area (Å²) in [5.41, 5.74) is 2.52. The first-order valence-corrected chi connectivity index (χ1v) is 10.4. The first-order chi connectivity index (χ1) is 15.5. The van der Waals surface area contributed by atoms with Crippen molar-refractivity contribution in [1.82, 2.24) is 14.7 Å². The van der Waals surface area contributed by atoms with Crippen LogP contribution in [0, 0.1) is 0 Å². The lowest BCUT2D eigenvalue weighted by Gasteiger charge is -2.19. The first kappa shape index (κ1) is 21.2. The van der Waals surface area contributed by atoms with E-state index in [1.165, 1.54) is 29.2 Å². The summed E-state index contributed by atoms with van der Waals surface area (Å²) >= 11 is 0. The third kappa shape index (κ3) is 3.60. The minimum absolute atomic E-state index is 0.0313. The minimum atomic E-state index is -0.483. The van der Waals surface area contributed by atoms with E-state index < -0.39 is 17.4 Å². The van der Waals surface area contributed by atoms with Crippen LogP contribution >= 0.6 is 0 Å². The Labute approximate surface area is 183 Å². The van der Waals surface area contributed by atoms with E-state index >= 15 is 0 Å². The lowest BCUT2D eigenvalue weighted by atomic mass is 9.92. The number of nitrogens with one attached hydrogen (secondary N) is 1. The Morgan fingerprint density at radius 3 is 2.38 bits per heavy atom. The molecule has 4 aromatic rings. The number of H-pyrrole nitrogens is 1. The van der Waals surface area contributed by atoms with E-state index in [1.54, 1.807) is 18.2 Å². The Bertz CT molecular complexity index is 1280. The maximum absolute atomic E-state index is 13.3. The number of aromatic amines is 1. The molecule has 0 unspecified atom stereocenters. The first-order valence-electron chi connectivity index (χ1n) is 10.4. The third-order valence-electron chi connectivity index (χ3n) is 5.66. The molecule has 0 aliphatic heterocycles. The van der Waals surface area contributed by atoms with Crippen LogP contribution in [0.3, 0.4) is 0 Å². The highest BCUT2D eigenvalue weighted by Crippen LogP contribution is 2.44. The van der Waals surface area contributed by atoms with E-state index in [-0.39, 0.29) is 22.6 Å². The van der Waals surface area contributed by atoms with Gasteiger partial charge in [-0.3, -0.25) is 14.2 Å². The summed E-state index contributed by atoms with van der Waals surface area (Å²) in [6.45, 7) is 3.98. The van der Waals surface area contributed by atoms with Crippen LogP contribution in [0.25, 0.3) is 16.9 Å². The van der Waals surface area contributed by atoms with Crippen molar-refractivity contribution < 1.29 is 19.5 Å². The number of nitrogens with zero attached hydrogens (tertiary/aromatic N) is 2. The molecule has 3 heterocycles. The average Bonchev–Trinajstić information content (AvgIpc) is 3.43. The van der Waals surface area contributed by atoms with E-state index in [4.69, 9.17) is 4.52 Å². The number of benzene rings is 1. The smallest absolute Gasteiger partial charge is 0.247 e. The molecule has 0 aliphatic carbocycles. The zero-order chi connectivity index (χ0) is 22.8. The van der Waals surface area contributed by atoms with Crippen molar-refractivity contribution in [2.75, 3.05) is 0 Å². The van der Waals surface area contributed by atoms with Crippen LogP contribution in [0.4, 0.5) is 0 Å². The van der Waals surface area contributed by atoms with Crippen molar-refractivity contribution in [1.29, 1.82) is 0 Å². The highest BCUT2D eigenvalue weighted by atomic mass is 16.5. The van der Waals surface area contributed by atoms with Crippen molar-refractivity contribution in [3.05, 3.63) is 82.1 Å². The molecule has 0 atom stereocenters. The van der Waals surface area contributed by atoms with Crippen LogP contribution in [0.5, 0.6) is 11.6 Å². The van der Waals surface area contributed by atoms with Crippen molar-refractivity contribution in [3.63, 3.8) is 0 Å². The summed E-state index contributed by atoms with van der Waals surface area (Å²) < 4.78 is 6.40. The molecule has 4 rings (SSSR count). The van der Waals surface area contributed by atoms with Crippen LogP contribution in [0.15, 0.2) is 64.2 Å². The fraction of sp³-hybridized carbons (Fsp3) is 0.208. The predicted molar refractivity (Wildman–Crippen MR) is 118 cm³/mol. The summed E-state index contributed by atoms with van der Waals surface area (Å²) in [6.07, 6.45) is 4.19. The number of rotatable bonds is 7. The zero-order valence-corrected chi connectivity index (χ0v) is 17.7. The lowest BCUT2D eigenvalue weighted by molar-refractivity contribution is 0.103. The number of aromatic nitrogens is 3. The molecule has 32 heavy (non-hydrogen) atoms. The Kier molecular flexibility index (Phi) is 5.68. The van der Waals surface area contributed by atoms with Crippen LogP contribution < -0.4 is 5.56 Å². The summed E-state index contributed by atoms with van der Waals surface area (Å²) in [6, 6.07) is 11.6. The summed E-state index contributed by atoms with van der Waals surface area (Å²) in [7, 11) is 0. The molecule has 0 radical (unpaired) electrons. The van der Waals surface area contributed by atoms with Gasteiger partial charge in [0, 0.05) is 46.8 Å². The quantitative estimate of drug-likeness (QED) is 0.372. The Morgan fingerprint density at radius 2 is 1.81 bits per heavy atom. The van der Waals surface area contributed by atoms with Gasteiger partial charge in [-0.2, -0.15) is 0 Å². The van der Waals surface area contributed by atoms with Crippen LogP contribution in [-0.2, 0) is 0 Å². The molecular formula is C24H23N3O5. The number of carbonyl (C=O) groups is 1. The molecule has 8 heteroatoms. The van der Waals surface area contributed by atoms with Crippen molar-refractivity contribution in [2.24, 2.45) is 0 Å². The van der Waals surface area contributed by atoms with Gasteiger partial charge in [-0.15, -0.1) is 0 Å². The molecule has 164 valence electrons. The number of hydrogen-bond donors (Lipinski definition) is 3. The number of hydrogen-bond acceptors (Lipinski definition) is 6. The third-order valence-corrected chi connectivity index (χ3v) is 5.66. The highest BCUT2D eigenvalue weighted by molar-refractivity contribution is 6.12. The fourth-order valence-corrected chi connectivity index (χ4v) is 3.95. The van der Waals surface area contributed by atoms with Gasteiger partial charge in [0.15, 0.2) is 11.5 Å². The maximum Gasteiger partial charge on any atom is 0.247 e. The van der Waals surface area contributed by atoms with Gasteiger partial charge in [-0.1, -0.05) is 31.1 Å². The van der Waals surface area contributed by atoms with Crippen molar-refractivity contribution >= 4 is 5.78 Å². The Hall–Kier alpha value is -4.07. The van der Waals surface area contributed by atoms with Crippen molar-refractivity contribution in [3.8, 4) is 28.6 Å². The molecule has 0 amide bonds. The van der Waals surface area contributed by atoms with Gasteiger partial charge >= 0.3 is 0 Å². The fourth-order valence-electron chi connectivity index (χ4n) is 3.95. The molecule has 8 nitrogen and oxygen atoms in total. The number of ketones is 1. The molecule has 3 aromatic heterocycles. The van der Waals surface area contributed by atoms with Crippen molar-refractivity contribution in [2.45, 2.75) is 32.6 Å². The normalized spacial score (nSPS) is 11.2. The van der Waals surface area contributed by atoms with Crippen LogP contribution in [-0.4, -0.2) is 30.7 Å². The number of aromatic hydroxyl groups is 2. The molecule has 3 N–H and O–H groups in total. The maximum atomic E-state index is 13.3. The van der Waals surface area contributed by atoms with Gasteiger partial charge in [0.05, 0.1) is 5.56 Å². The van der Waals surface area contributed by atoms with Gasteiger partial charge in [0.2, 0.25) is 11.4 Å². The second-order valence-electron chi connectivity index (χ2n) is 7.48. The van der Waals surface area contributed by atoms with Gasteiger partial charge in [-0.05, 0) is 31.0 Å². The van der Waals surface area contributed by atoms with E-state index in [9.17, 15) is 19.8 Å². The van der Waals surface area contributed by atoms with Gasteiger partial charge in [0.25, 0.3) is 0 Å². The standard InChI is InChI=1S/C24H23N3O5/c1-3-14(4-2)21-20(22(29)16-7-10-19(28)25-13-16)23(30)24(31)27(21)17-8-5-15(6-9-17)18-11-12-32-26-18/h5-14,30-31H,3-4H2,1-2H3,(H,25,28). The molecule has 0 aliphatic rings. The number of carbonyl (C=O) groups excluding carboxylic acids is 1. The van der Waals surface area contributed by atoms with E-state index in [2.05, 4.69) is 10.1 Å². The average molecular weight is 433 g/mol. The highest BCUT2D eigenvalue weighted by Gasteiger charge is 2.32. The summed E-state index contributed by atoms with van der Waals surface area (Å²) in [5.74, 6) is -1.47. The monoisotopic (exact) mass is 433 g/mol. The van der Waals surface area contributed by atoms with Crippen LogP contribution in [0.2, 0.25) is 0 Å². The largest absolute Gasteiger partial charge is 0.503 e. The second-order valence-corrected chi connectivity index (χ2v) is 7.48. The zero-order valence-electron chi connectivity index (χ0n) is 17.7. The summed E-state index contributed by atoms with van der Waals surface area (Å²) in [4.78, 5) is 27.2. The van der Waals surface area contributed by atoms with E-state index in [0.717, 1.165) is 5.56 Å². The molecule has 0 saturated heterocycles. The second kappa shape index (κ2) is 8.58. The van der Waals surface area contributed by atoms with Gasteiger partial charge in [-0.25, -0.2) is 0 Å². The minimum Gasteiger partial charge on any atom is -0.503 e. The predicted octanol–water partition coefficient (Wildman–Crippen LogP) is 4.37. The number of pyridine rings is 1. The van der Waals surface area contributed by atoms with Crippen LogP contribution in [0.1, 0.15) is 54.2 Å². The molecule has 0 fully saturated rings. The molecule has 0 spiro atoms. The lowest BCUT2D eigenvalue weighted by Crippen LogP contribution is -2.13. The van der Waals surface area contributed by atoms with Gasteiger partial charge in [0.1, 0.15) is 12.0 Å². The Morgan fingerprint density at radius 1 is 1.09 bits per heavy atom. The summed E-state index contributed by atoms with van der Waals surface area (Å²) in [5, 5.41) is 25.6. The SMILES string of the molecule is CCC(CC)c1c(C(=O)c2ccc(=O)[nH]c2)c(O)c(O)n1-c1ccc(-c2ccon2)cc1. The van der Waals surface area contributed by atoms with E-state index in [0.29, 0.717) is 29.9 Å². The molecular weight excluding hydrogens is 410 g/mol. The van der Waals surface area contributed by atoms with Gasteiger partial charge < -0.3 is 19.7 Å². The van der Waals surface area contributed by atoms with E-state index in [1.807, 2.05) is 26.0 Å². The molecule has 1 aromatic carbocycles. The molecule has 0 saturated carbocycles. The Balaban J connectivity index is 1.89. The molecule has 0 bridgehead atoms.